The molecule has 28 heavy (non-hydrogen) atoms. The smallest absolute Gasteiger partial charge is 0.337 e. The topological polar surface area (TPSA) is 92.7 Å². The van der Waals surface area contributed by atoms with Crippen molar-refractivity contribution in [1.82, 2.24) is 0 Å². The van der Waals surface area contributed by atoms with Crippen molar-refractivity contribution in [2.24, 2.45) is 0 Å². The normalized spacial score (nSPS) is 10.2. The number of anilines is 1. The number of carbonyl (C=O) groups excluding carboxylic acids is 2. The highest BCUT2D eigenvalue weighted by Crippen LogP contribution is 2.26. The van der Waals surface area contributed by atoms with E-state index in [1.165, 1.54) is 19.1 Å². The molecule has 0 aromatic heterocycles. The van der Waals surface area contributed by atoms with E-state index in [0.29, 0.717) is 0 Å². The van der Waals surface area contributed by atoms with E-state index in [1.54, 1.807) is 30.3 Å². The Kier molecular flexibility index (Phi) is 5.50. The molecule has 0 radical (unpaired) electrons. The molecule has 140 valence electrons. The molecule has 0 bridgehead atoms. The highest BCUT2D eigenvalue weighted by atomic mass is 16.5. The first-order valence-electron chi connectivity index (χ1n) is 8.46. The van der Waals surface area contributed by atoms with Gasteiger partial charge in [0.2, 0.25) is 0 Å². The van der Waals surface area contributed by atoms with Crippen molar-refractivity contribution in [2.75, 3.05) is 5.32 Å². The van der Waals surface area contributed by atoms with E-state index in [9.17, 15) is 19.5 Å². The predicted octanol–water partition coefficient (Wildman–Crippen LogP) is 4.23. The zero-order valence-electron chi connectivity index (χ0n) is 15.0. The number of amides is 1. The second kappa shape index (κ2) is 8.18. The van der Waals surface area contributed by atoms with Crippen molar-refractivity contribution in [3.8, 4) is 16.9 Å². The fraction of sp³-hybridized carbons (Fsp3) is 0.0455. The first kappa shape index (κ1) is 18.8. The van der Waals surface area contributed by atoms with E-state index in [-0.39, 0.29) is 22.6 Å². The maximum absolute atomic E-state index is 12.6. The van der Waals surface area contributed by atoms with E-state index in [1.807, 2.05) is 30.3 Å². The van der Waals surface area contributed by atoms with Gasteiger partial charge in [0, 0.05) is 12.5 Å². The number of ether oxygens (including phenoxy) is 1. The molecule has 1 amide bonds. The quantitative estimate of drug-likeness (QED) is 0.514. The van der Waals surface area contributed by atoms with Crippen molar-refractivity contribution in [3.05, 3.63) is 83.9 Å². The molecule has 3 aromatic carbocycles. The Labute approximate surface area is 161 Å². The van der Waals surface area contributed by atoms with Crippen LogP contribution in [0.4, 0.5) is 5.69 Å². The molecule has 3 aromatic rings. The number of aromatic carboxylic acids is 1. The van der Waals surface area contributed by atoms with E-state index >= 15 is 0 Å². The molecular formula is C22H17NO5. The summed E-state index contributed by atoms with van der Waals surface area (Å²) < 4.78 is 4.98. The average molecular weight is 375 g/mol. The Morgan fingerprint density at radius 2 is 1.61 bits per heavy atom. The number of esters is 1. The molecule has 0 atom stereocenters. The van der Waals surface area contributed by atoms with Gasteiger partial charge in [-0.15, -0.1) is 0 Å². The number of nitrogens with one attached hydrogen (secondary N) is 1. The van der Waals surface area contributed by atoms with Gasteiger partial charge >= 0.3 is 11.9 Å². The third-order valence-electron chi connectivity index (χ3n) is 3.96. The minimum atomic E-state index is -1.15. The van der Waals surface area contributed by atoms with E-state index in [2.05, 4.69) is 5.32 Å². The second-order valence-corrected chi connectivity index (χ2v) is 6.01. The summed E-state index contributed by atoms with van der Waals surface area (Å²) in [5.74, 6) is -1.93. The van der Waals surface area contributed by atoms with Crippen molar-refractivity contribution in [2.45, 2.75) is 6.92 Å². The summed E-state index contributed by atoms with van der Waals surface area (Å²) in [4.78, 5) is 35.3. The molecular weight excluding hydrogens is 358 g/mol. The van der Waals surface area contributed by atoms with Gasteiger partial charge in [0.1, 0.15) is 5.75 Å². The molecule has 6 heteroatoms. The van der Waals surface area contributed by atoms with Crippen LogP contribution in [0.5, 0.6) is 5.75 Å². The van der Waals surface area contributed by atoms with Crippen LogP contribution in [0.2, 0.25) is 0 Å². The van der Waals surface area contributed by atoms with Crippen LogP contribution >= 0.6 is 0 Å². The number of hydrogen-bond acceptors (Lipinski definition) is 4. The van der Waals surface area contributed by atoms with Gasteiger partial charge in [0.05, 0.1) is 11.3 Å². The van der Waals surface area contributed by atoms with E-state index < -0.39 is 17.8 Å². The van der Waals surface area contributed by atoms with Crippen molar-refractivity contribution < 1.29 is 24.2 Å². The first-order valence-corrected chi connectivity index (χ1v) is 8.46. The Hall–Kier alpha value is -3.93. The summed E-state index contributed by atoms with van der Waals surface area (Å²) in [6.07, 6.45) is 0. The first-order chi connectivity index (χ1) is 13.4. The lowest BCUT2D eigenvalue weighted by atomic mass is 10.0. The van der Waals surface area contributed by atoms with Crippen molar-refractivity contribution >= 4 is 23.5 Å². The minimum Gasteiger partial charge on any atom is -0.478 e. The maximum Gasteiger partial charge on any atom is 0.337 e. The van der Waals surface area contributed by atoms with Crippen LogP contribution in [-0.2, 0) is 4.79 Å². The zero-order valence-corrected chi connectivity index (χ0v) is 15.0. The van der Waals surface area contributed by atoms with Crippen LogP contribution in [0, 0.1) is 0 Å². The van der Waals surface area contributed by atoms with Crippen molar-refractivity contribution in [1.29, 1.82) is 0 Å². The third kappa shape index (κ3) is 4.42. The fourth-order valence-electron chi connectivity index (χ4n) is 2.71. The number of carboxylic acids is 1. The highest BCUT2D eigenvalue weighted by Gasteiger charge is 2.15. The molecule has 2 N–H and O–H groups in total. The molecule has 0 heterocycles. The monoisotopic (exact) mass is 375 g/mol. The van der Waals surface area contributed by atoms with Gasteiger partial charge in [-0.3, -0.25) is 9.59 Å². The molecule has 6 nitrogen and oxygen atoms in total. The third-order valence-corrected chi connectivity index (χ3v) is 3.96. The van der Waals surface area contributed by atoms with Gasteiger partial charge in [0.15, 0.2) is 0 Å². The fourth-order valence-corrected chi connectivity index (χ4v) is 2.71. The van der Waals surface area contributed by atoms with Crippen LogP contribution in [-0.4, -0.2) is 23.0 Å². The van der Waals surface area contributed by atoms with E-state index in [0.717, 1.165) is 11.1 Å². The standard InChI is InChI=1S/C22H17NO5/c1-14(24)28-18-9-5-8-17(12-18)21(25)23-20-13-16(10-11-19(20)22(26)27)15-6-3-2-4-7-15/h2-13H,1H3,(H,23,25)(H,26,27). The Balaban J connectivity index is 1.93. The molecule has 0 saturated carbocycles. The lowest BCUT2D eigenvalue weighted by molar-refractivity contribution is -0.131. The van der Waals surface area contributed by atoms with Gasteiger partial charge in [0.25, 0.3) is 5.91 Å². The van der Waals surface area contributed by atoms with Gasteiger partial charge in [-0.05, 0) is 41.5 Å². The molecule has 0 fully saturated rings. The van der Waals surface area contributed by atoms with Crippen LogP contribution in [0.1, 0.15) is 27.6 Å². The maximum atomic E-state index is 12.6. The van der Waals surface area contributed by atoms with Crippen LogP contribution in [0.15, 0.2) is 72.8 Å². The average Bonchev–Trinajstić information content (AvgIpc) is 2.68. The Morgan fingerprint density at radius 3 is 2.29 bits per heavy atom. The Morgan fingerprint density at radius 1 is 0.857 bits per heavy atom. The lowest BCUT2D eigenvalue weighted by Crippen LogP contribution is -2.15. The van der Waals surface area contributed by atoms with Gasteiger partial charge in [-0.25, -0.2) is 4.79 Å². The SMILES string of the molecule is CC(=O)Oc1cccc(C(=O)Nc2cc(-c3ccccc3)ccc2C(=O)O)c1. The van der Waals surface area contributed by atoms with Crippen molar-refractivity contribution in [3.63, 3.8) is 0 Å². The van der Waals surface area contributed by atoms with Crippen LogP contribution in [0.25, 0.3) is 11.1 Å². The largest absolute Gasteiger partial charge is 0.478 e. The number of carbonyl (C=O) groups is 3. The predicted molar refractivity (Wildman–Crippen MR) is 105 cm³/mol. The summed E-state index contributed by atoms with van der Waals surface area (Å²) in [6, 6.07) is 20.3. The summed E-state index contributed by atoms with van der Waals surface area (Å²) in [5, 5.41) is 12.1. The summed E-state index contributed by atoms with van der Waals surface area (Å²) in [7, 11) is 0. The summed E-state index contributed by atoms with van der Waals surface area (Å²) in [6.45, 7) is 1.26. The minimum absolute atomic E-state index is 0.0239. The summed E-state index contributed by atoms with van der Waals surface area (Å²) in [5.41, 5.74) is 2.06. The second-order valence-electron chi connectivity index (χ2n) is 6.01. The molecule has 0 saturated heterocycles. The van der Waals surface area contributed by atoms with Gasteiger partial charge < -0.3 is 15.2 Å². The number of benzene rings is 3. The highest BCUT2D eigenvalue weighted by molar-refractivity contribution is 6.08. The zero-order chi connectivity index (χ0) is 20.1. The van der Waals surface area contributed by atoms with Gasteiger partial charge in [-0.2, -0.15) is 0 Å². The molecule has 0 aliphatic carbocycles. The molecule has 3 rings (SSSR count). The number of hydrogen-bond donors (Lipinski definition) is 2. The summed E-state index contributed by atoms with van der Waals surface area (Å²) >= 11 is 0. The van der Waals surface area contributed by atoms with E-state index in [4.69, 9.17) is 4.74 Å². The number of rotatable bonds is 5. The molecule has 0 spiro atoms. The molecule has 0 aliphatic heterocycles. The molecule has 0 aliphatic rings. The Bertz CT molecular complexity index is 1040. The van der Waals surface area contributed by atoms with Crippen LogP contribution < -0.4 is 10.1 Å². The van der Waals surface area contributed by atoms with Crippen LogP contribution in [0.3, 0.4) is 0 Å². The molecule has 0 unspecified atom stereocenters. The van der Waals surface area contributed by atoms with Gasteiger partial charge in [-0.1, -0.05) is 42.5 Å². The number of carboxylic acid groups (broad SMARTS) is 1. The lowest BCUT2D eigenvalue weighted by Gasteiger charge is -2.12.